The summed E-state index contributed by atoms with van der Waals surface area (Å²) in [5, 5.41) is 0. The van der Waals surface area contributed by atoms with Crippen molar-refractivity contribution in [2.45, 2.75) is 45.8 Å². The van der Waals surface area contributed by atoms with Gasteiger partial charge < -0.3 is 9.47 Å². The molecule has 0 saturated carbocycles. The summed E-state index contributed by atoms with van der Waals surface area (Å²) in [6, 6.07) is 13.2. The Morgan fingerprint density at radius 2 is 1.32 bits per heavy atom. The van der Waals surface area contributed by atoms with Crippen LogP contribution in [0.4, 0.5) is 5.69 Å². The molecular weight excluding hydrogens is 358 g/mol. The minimum Gasteiger partial charge on any atom is -0.476 e. The Morgan fingerprint density at radius 1 is 0.821 bits per heavy atom. The first-order chi connectivity index (χ1) is 13.0. The number of benzene rings is 2. The Balaban J connectivity index is 1.77. The van der Waals surface area contributed by atoms with Crippen molar-refractivity contribution in [2.24, 2.45) is 0 Å². The number of rotatable bonds is 4. The van der Waals surface area contributed by atoms with Crippen LogP contribution in [0.1, 0.15) is 55.3 Å². The SMILES string of the molecule is CC(C)(C)OC(=O)C(C)(C)Oc1ccc(N2C(=O)c3ccccc3C2=O)cc1. The van der Waals surface area contributed by atoms with Crippen molar-refractivity contribution in [3.05, 3.63) is 59.7 Å². The van der Waals surface area contributed by atoms with E-state index in [9.17, 15) is 14.4 Å². The minimum absolute atomic E-state index is 0.358. The second kappa shape index (κ2) is 6.78. The molecule has 0 atom stereocenters. The third-order valence-electron chi connectivity index (χ3n) is 4.15. The molecule has 0 unspecified atom stereocenters. The molecule has 6 nitrogen and oxygen atoms in total. The summed E-state index contributed by atoms with van der Waals surface area (Å²) < 4.78 is 11.2. The van der Waals surface area contributed by atoms with Gasteiger partial charge in [-0.15, -0.1) is 0 Å². The van der Waals surface area contributed by atoms with Crippen LogP contribution >= 0.6 is 0 Å². The van der Waals surface area contributed by atoms with Gasteiger partial charge in [0.25, 0.3) is 11.8 Å². The zero-order valence-corrected chi connectivity index (χ0v) is 16.6. The Bertz CT molecular complexity index is 903. The van der Waals surface area contributed by atoms with Crippen molar-refractivity contribution in [1.82, 2.24) is 0 Å². The molecule has 3 rings (SSSR count). The van der Waals surface area contributed by atoms with Gasteiger partial charge in [-0.2, -0.15) is 0 Å². The van der Waals surface area contributed by atoms with E-state index in [4.69, 9.17) is 9.47 Å². The van der Waals surface area contributed by atoms with E-state index in [0.717, 1.165) is 4.90 Å². The van der Waals surface area contributed by atoms with Gasteiger partial charge in [0.2, 0.25) is 0 Å². The van der Waals surface area contributed by atoms with Gasteiger partial charge in [-0.25, -0.2) is 9.69 Å². The lowest BCUT2D eigenvalue weighted by Gasteiger charge is -2.29. The van der Waals surface area contributed by atoms with Crippen LogP contribution < -0.4 is 9.64 Å². The van der Waals surface area contributed by atoms with E-state index in [1.54, 1.807) is 83.1 Å². The number of nitrogens with zero attached hydrogens (tertiary/aromatic N) is 1. The van der Waals surface area contributed by atoms with E-state index in [0.29, 0.717) is 22.6 Å². The van der Waals surface area contributed by atoms with Crippen LogP contribution in [-0.4, -0.2) is 29.0 Å². The molecule has 0 bridgehead atoms. The predicted molar refractivity (Wildman–Crippen MR) is 105 cm³/mol. The van der Waals surface area contributed by atoms with Crippen molar-refractivity contribution >= 4 is 23.5 Å². The standard InChI is InChI=1S/C22H23NO5/c1-21(2,3)28-20(26)22(4,5)27-15-12-10-14(11-13-15)23-18(24)16-8-6-7-9-17(16)19(23)25/h6-13H,1-5H3. The van der Waals surface area contributed by atoms with E-state index in [-0.39, 0.29) is 11.8 Å². The molecule has 0 saturated heterocycles. The van der Waals surface area contributed by atoms with E-state index in [1.807, 2.05) is 0 Å². The zero-order valence-electron chi connectivity index (χ0n) is 16.6. The zero-order chi connectivity index (χ0) is 20.7. The second-order valence-corrected chi connectivity index (χ2v) is 8.10. The fourth-order valence-electron chi connectivity index (χ4n) is 2.82. The number of ether oxygens (including phenoxy) is 2. The normalized spacial score (nSPS) is 14.1. The van der Waals surface area contributed by atoms with Gasteiger partial charge in [-0.1, -0.05) is 12.1 Å². The monoisotopic (exact) mass is 381 g/mol. The van der Waals surface area contributed by atoms with Gasteiger partial charge in [-0.3, -0.25) is 9.59 Å². The Hall–Kier alpha value is -3.15. The first kappa shape index (κ1) is 19.6. The molecule has 28 heavy (non-hydrogen) atoms. The third kappa shape index (κ3) is 3.76. The van der Waals surface area contributed by atoms with Crippen LogP contribution in [0.25, 0.3) is 0 Å². The third-order valence-corrected chi connectivity index (χ3v) is 4.15. The lowest BCUT2D eigenvalue weighted by Crippen LogP contribution is -2.43. The highest BCUT2D eigenvalue weighted by atomic mass is 16.6. The fourth-order valence-corrected chi connectivity index (χ4v) is 2.82. The summed E-state index contributed by atoms with van der Waals surface area (Å²) in [6.07, 6.45) is 0. The highest BCUT2D eigenvalue weighted by Crippen LogP contribution is 2.30. The number of anilines is 1. The summed E-state index contributed by atoms with van der Waals surface area (Å²) in [6.45, 7) is 8.62. The smallest absolute Gasteiger partial charge is 0.350 e. The number of carbonyl (C=O) groups is 3. The Kier molecular flexibility index (Phi) is 4.75. The Morgan fingerprint density at radius 3 is 1.79 bits per heavy atom. The maximum atomic E-state index is 12.6. The average molecular weight is 381 g/mol. The lowest BCUT2D eigenvalue weighted by atomic mass is 10.1. The quantitative estimate of drug-likeness (QED) is 0.591. The largest absolute Gasteiger partial charge is 0.476 e. The summed E-state index contributed by atoms with van der Waals surface area (Å²) >= 11 is 0. The molecule has 0 radical (unpaired) electrons. The first-order valence-electron chi connectivity index (χ1n) is 9.00. The summed E-state index contributed by atoms with van der Waals surface area (Å²) in [5.41, 5.74) is -0.594. The average Bonchev–Trinajstić information content (AvgIpc) is 2.85. The highest BCUT2D eigenvalue weighted by Gasteiger charge is 2.37. The van der Waals surface area contributed by atoms with Crippen LogP contribution in [0.2, 0.25) is 0 Å². The van der Waals surface area contributed by atoms with Crippen molar-refractivity contribution in [3.8, 4) is 5.75 Å². The maximum absolute atomic E-state index is 12.6. The molecule has 0 fully saturated rings. The van der Waals surface area contributed by atoms with Gasteiger partial charge in [-0.05, 0) is 71.0 Å². The summed E-state index contributed by atoms with van der Waals surface area (Å²) in [4.78, 5) is 38.6. The van der Waals surface area contributed by atoms with Crippen molar-refractivity contribution in [3.63, 3.8) is 0 Å². The number of hydrogen-bond donors (Lipinski definition) is 0. The van der Waals surface area contributed by atoms with Gasteiger partial charge >= 0.3 is 5.97 Å². The lowest BCUT2D eigenvalue weighted by molar-refractivity contribution is -0.170. The molecule has 2 amide bonds. The molecule has 2 aromatic rings. The second-order valence-electron chi connectivity index (χ2n) is 8.10. The molecule has 146 valence electrons. The van der Waals surface area contributed by atoms with Crippen molar-refractivity contribution in [1.29, 1.82) is 0 Å². The van der Waals surface area contributed by atoms with E-state index in [2.05, 4.69) is 0 Å². The topological polar surface area (TPSA) is 72.9 Å². The number of imide groups is 1. The molecule has 6 heteroatoms. The van der Waals surface area contributed by atoms with Crippen LogP contribution in [0.5, 0.6) is 5.75 Å². The van der Waals surface area contributed by atoms with E-state index >= 15 is 0 Å². The number of fused-ring (bicyclic) bond motifs is 1. The van der Waals surface area contributed by atoms with Gasteiger partial charge in [0, 0.05) is 0 Å². The van der Waals surface area contributed by atoms with Gasteiger partial charge in [0.1, 0.15) is 11.4 Å². The Labute approximate surface area is 164 Å². The number of esters is 1. The molecule has 2 aromatic carbocycles. The van der Waals surface area contributed by atoms with Gasteiger partial charge in [0.05, 0.1) is 16.8 Å². The first-order valence-corrected chi connectivity index (χ1v) is 9.00. The van der Waals surface area contributed by atoms with Gasteiger partial charge in [0.15, 0.2) is 5.60 Å². The molecule has 0 N–H and O–H groups in total. The summed E-state index contributed by atoms with van der Waals surface area (Å²) in [7, 11) is 0. The predicted octanol–water partition coefficient (Wildman–Crippen LogP) is 3.99. The van der Waals surface area contributed by atoms with E-state index < -0.39 is 17.2 Å². The van der Waals surface area contributed by atoms with Crippen molar-refractivity contribution < 1.29 is 23.9 Å². The van der Waals surface area contributed by atoms with Crippen molar-refractivity contribution in [2.75, 3.05) is 4.90 Å². The molecule has 0 aromatic heterocycles. The number of amides is 2. The fraction of sp³-hybridized carbons (Fsp3) is 0.318. The number of carbonyl (C=O) groups excluding carboxylic acids is 3. The van der Waals surface area contributed by atoms with E-state index in [1.165, 1.54) is 0 Å². The van der Waals surface area contributed by atoms with Crippen LogP contribution in [0, 0.1) is 0 Å². The highest BCUT2D eigenvalue weighted by molar-refractivity contribution is 6.34. The van der Waals surface area contributed by atoms with Crippen LogP contribution in [0.3, 0.4) is 0 Å². The molecule has 1 aliphatic heterocycles. The molecule has 0 spiro atoms. The van der Waals surface area contributed by atoms with Crippen LogP contribution in [-0.2, 0) is 9.53 Å². The number of hydrogen-bond acceptors (Lipinski definition) is 5. The maximum Gasteiger partial charge on any atom is 0.350 e. The van der Waals surface area contributed by atoms with Crippen LogP contribution in [0.15, 0.2) is 48.5 Å². The molecule has 0 aliphatic carbocycles. The summed E-state index contributed by atoms with van der Waals surface area (Å²) in [5.74, 6) is -0.771. The molecular formula is C22H23NO5. The minimum atomic E-state index is -1.19. The molecule has 1 heterocycles. The molecule has 1 aliphatic rings.